The van der Waals surface area contributed by atoms with Gasteiger partial charge < -0.3 is 14.6 Å². The molecule has 0 bridgehead atoms. The molecule has 0 aromatic heterocycles. The Hall–Kier alpha value is -1.78. The van der Waals surface area contributed by atoms with E-state index in [1.54, 1.807) is 7.11 Å². The molecule has 1 aliphatic carbocycles. The summed E-state index contributed by atoms with van der Waals surface area (Å²) < 4.78 is 11.9. The van der Waals surface area contributed by atoms with Gasteiger partial charge in [-0.05, 0) is 31.9 Å². The first-order chi connectivity index (χ1) is 12.0. The summed E-state index contributed by atoms with van der Waals surface area (Å²) in [6.07, 6.45) is 7.65. The van der Waals surface area contributed by atoms with Crippen molar-refractivity contribution in [2.75, 3.05) is 20.2 Å². The van der Waals surface area contributed by atoms with Crippen molar-refractivity contribution < 1.29 is 14.6 Å². The van der Waals surface area contributed by atoms with E-state index < -0.39 is 6.10 Å². The predicted octanol–water partition coefficient (Wildman–Crippen LogP) is 3.19. The van der Waals surface area contributed by atoms with Gasteiger partial charge in [-0.1, -0.05) is 29.9 Å². The van der Waals surface area contributed by atoms with Crippen LogP contribution >= 0.6 is 0 Å². The van der Waals surface area contributed by atoms with E-state index in [1.165, 1.54) is 16.7 Å². The SMILES string of the molecule is COc1ccc2c3c1O[C@H]1C[C@H](O)C=CC31CCN(CC=C(C)C)C2. The molecule has 3 atom stereocenters. The third-order valence-electron chi connectivity index (χ3n) is 5.79. The lowest BCUT2D eigenvalue weighted by Gasteiger charge is -2.35. The van der Waals surface area contributed by atoms with Crippen LogP contribution in [0.5, 0.6) is 11.5 Å². The van der Waals surface area contributed by atoms with Crippen molar-refractivity contribution in [1.82, 2.24) is 4.90 Å². The number of rotatable bonds is 3. The molecule has 1 aromatic carbocycles. The lowest BCUT2D eigenvalue weighted by atomic mass is 9.69. The van der Waals surface area contributed by atoms with Gasteiger partial charge in [-0.15, -0.1) is 0 Å². The van der Waals surface area contributed by atoms with Gasteiger partial charge >= 0.3 is 0 Å². The molecular formula is C21H27NO3. The molecule has 3 aliphatic rings. The second kappa shape index (κ2) is 6.19. The van der Waals surface area contributed by atoms with Crippen LogP contribution in [0.3, 0.4) is 0 Å². The Bertz CT molecular complexity index is 735. The standard InChI is InChI=1S/C21H27NO3/c1-14(2)7-10-22-11-9-21-8-6-16(23)12-18(21)25-20-17(24-3)5-4-15(13-22)19(20)21/h4-8,16,18,23H,9-13H2,1-3H3/t16-,18+,21?/m1/s1. The van der Waals surface area contributed by atoms with Crippen LogP contribution in [0.25, 0.3) is 0 Å². The highest BCUT2D eigenvalue weighted by molar-refractivity contribution is 5.61. The Morgan fingerprint density at radius 2 is 2.28 bits per heavy atom. The summed E-state index contributed by atoms with van der Waals surface area (Å²) in [5.74, 6) is 1.68. The molecule has 4 rings (SSSR count). The molecule has 0 saturated carbocycles. The third kappa shape index (κ3) is 2.68. The van der Waals surface area contributed by atoms with Crippen molar-refractivity contribution in [3.63, 3.8) is 0 Å². The second-order valence-corrected chi connectivity index (χ2v) is 7.71. The summed E-state index contributed by atoms with van der Waals surface area (Å²) in [7, 11) is 1.69. The minimum atomic E-state index is -0.426. The van der Waals surface area contributed by atoms with Crippen LogP contribution in [0.15, 0.2) is 35.9 Å². The largest absolute Gasteiger partial charge is 0.493 e. The molecule has 1 unspecified atom stereocenters. The Kier molecular flexibility index (Phi) is 4.13. The molecule has 0 radical (unpaired) electrons. The van der Waals surface area contributed by atoms with Crippen LogP contribution in [0.1, 0.15) is 37.8 Å². The van der Waals surface area contributed by atoms with Gasteiger partial charge in [0, 0.05) is 31.6 Å². The molecule has 25 heavy (non-hydrogen) atoms. The van der Waals surface area contributed by atoms with Crippen LogP contribution in [0, 0.1) is 0 Å². The van der Waals surface area contributed by atoms with Crippen LogP contribution in [0.4, 0.5) is 0 Å². The molecule has 4 nitrogen and oxygen atoms in total. The van der Waals surface area contributed by atoms with E-state index in [2.05, 4.69) is 37.0 Å². The average Bonchev–Trinajstić information content (AvgIpc) is 2.82. The summed E-state index contributed by atoms with van der Waals surface area (Å²) in [5, 5.41) is 10.1. The number of allylic oxidation sites excluding steroid dienone is 1. The molecule has 0 saturated heterocycles. The maximum Gasteiger partial charge on any atom is 0.166 e. The molecule has 134 valence electrons. The lowest BCUT2D eigenvalue weighted by Crippen LogP contribution is -2.43. The van der Waals surface area contributed by atoms with E-state index in [0.29, 0.717) is 6.42 Å². The normalized spacial score (nSPS) is 30.1. The highest BCUT2D eigenvalue weighted by atomic mass is 16.5. The van der Waals surface area contributed by atoms with E-state index in [-0.39, 0.29) is 11.5 Å². The quantitative estimate of drug-likeness (QED) is 0.858. The second-order valence-electron chi connectivity index (χ2n) is 7.71. The van der Waals surface area contributed by atoms with Gasteiger partial charge in [0.1, 0.15) is 6.10 Å². The third-order valence-corrected chi connectivity index (χ3v) is 5.79. The van der Waals surface area contributed by atoms with Gasteiger partial charge in [-0.3, -0.25) is 4.90 Å². The zero-order valence-corrected chi connectivity index (χ0v) is 15.3. The fourth-order valence-electron chi connectivity index (χ4n) is 4.46. The molecular weight excluding hydrogens is 314 g/mol. The van der Waals surface area contributed by atoms with E-state index in [4.69, 9.17) is 9.47 Å². The molecule has 1 N–H and O–H groups in total. The van der Waals surface area contributed by atoms with Crippen LogP contribution in [-0.2, 0) is 12.0 Å². The van der Waals surface area contributed by atoms with Crippen LogP contribution in [-0.4, -0.2) is 42.4 Å². The zero-order valence-electron chi connectivity index (χ0n) is 15.3. The molecule has 1 aromatic rings. The Morgan fingerprint density at radius 3 is 3.04 bits per heavy atom. The number of hydrogen-bond acceptors (Lipinski definition) is 4. The van der Waals surface area contributed by atoms with E-state index in [1.807, 2.05) is 12.1 Å². The highest BCUT2D eigenvalue weighted by Crippen LogP contribution is 2.55. The molecule has 1 spiro atoms. The van der Waals surface area contributed by atoms with Gasteiger partial charge in [0.25, 0.3) is 0 Å². The molecule has 4 heteroatoms. The van der Waals surface area contributed by atoms with Gasteiger partial charge in [-0.2, -0.15) is 0 Å². The van der Waals surface area contributed by atoms with Crippen molar-refractivity contribution in [1.29, 1.82) is 0 Å². The topological polar surface area (TPSA) is 41.9 Å². The first kappa shape index (κ1) is 16.7. The average molecular weight is 341 g/mol. The summed E-state index contributed by atoms with van der Waals surface area (Å²) in [4.78, 5) is 2.50. The fraction of sp³-hybridized carbons (Fsp3) is 0.524. The summed E-state index contributed by atoms with van der Waals surface area (Å²) in [6, 6.07) is 4.20. The monoisotopic (exact) mass is 341 g/mol. The van der Waals surface area contributed by atoms with Crippen molar-refractivity contribution in [2.45, 2.75) is 50.9 Å². The minimum absolute atomic E-state index is 0.0130. The van der Waals surface area contributed by atoms with Gasteiger partial charge in [-0.25, -0.2) is 0 Å². The summed E-state index contributed by atoms with van der Waals surface area (Å²) in [5.41, 5.74) is 3.81. The first-order valence-corrected chi connectivity index (χ1v) is 9.13. The van der Waals surface area contributed by atoms with Crippen molar-refractivity contribution in [3.05, 3.63) is 47.1 Å². The van der Waals surface area contributed by atoms with Crippen LogP contribution in [0.2, 0.25) is 0 Å². The van der Waals surface area contributed by atoms with Gasteiger partial charge in [0.05, 0.1) is 18.6 Å². The number of methoxy groups -OCH3 is 1. The van der Waals surface area contributed by atoms with Crippen molar-refractivity contribution in [3.8, 4) is 11.5 Å². The van der Waals surface area contributed by atoms with E-state index >= 15 is 0 Å². The predicted molar refractivity (Wildman–Crippen MR) is 98.2 cm³/mol. The lowest BCUT2D eigenvalue weighted by molar-refractivity contribution is 0.0816. The first-order valence-electron chi connectivity index (χ1n) is 9.13. The summed E-state index contributed by atoms with van der Waals surface area (Å²) in [6.45, 7) is 7.20. The number of aliphatic hydroxyl groups excluding tert-OH is 1. The molecule has 0 fully saturated rings. The number of benzene rings is 1. The van der Waals surface area contributed by atoms with Gasteiger partial charge in [0.2, 0.25) is 0 Å². The smallest absolute Gasteiger partial charge is 0.166 e. The van der Waals surface area contributed by atoms with E-state index in [0.717, 1.165) is 37.6 Å². The maximum atomic E-state index is 10.1. The number of aliphatic hydroxyl groups is 1. The Morgan fingerprint density at radius 1 is 1.44 bits per heavy atom. The Balaban J connectivity index is 1.80. The van der Waals surface area contributed by atoms with Crippen molar-refractivity contribution in [2.24, 2.45) is 0 Å². The maximum absolute atomic E-state index is 10.1. The molecule has 2 aliphatic heterocycles. The summed E-state index contributed by atoms with van der Waals surface area (Å²) >= 11 is 0. The fourth-order valence-corrected chi connectivity index (χ4v) is 4.46. The van der Waals surface area contributed by atoms with E-state index in [9.17, 15) is 5.11 Å². The molecule has 0 amide bonds. The number of hydrogen-bond donors (Lipinski definition) is 1. The highest BCUT2D eigenvalue weighted by Gasteiger charge is 2.52. The number of ether oxygens (including phenoxy) is 2. The van der Waals surface area contributed by atoms with Crippen molar-refractivity contribution >= 4 is 0 Å². The number of nitrogens with zero attached hydrogens (tertiary/aromatic N) is 1. The van der Waals surface area contributed by atoms with Gasteiger partial charge in [0.15, 0.2) is 11.5 Å². The minimum Gasteiger partial charge on any atom is -0.493 e. The van der Waals surface area contributed by atoms with Crippen LogP contribution < -0.4 is 9.47 Å². The Labute approximate surface area is 149 Å². The molecule has 2 heterocycles. The zero-order chi connectivity index (χ0) is 17.6.